The highest BCUT2D eigenvalue weighted by atomic mass is 79.9. The van der Waals surface area contributed by atoms with E-state index < -0.39 is 0 Å². The second kappa shape index (κ2) is 9.60. The molecule has 9 heteroatoms. The Morgan fingerprint density at radius 1 is 0.897 bits per heavy atom. The third-order valence-corrected chi connectivity index (χ3v) is 4.86. The number of nitrogens with zero attached hydrogens (tertiary/aromatic N) is 4. The monoisotopic (exact) mass is 462 g/mol. The van der Waals surface area contributed by atoms with E-state index >= 15 is 0 Å². The number of tetrazole rings is 1. The van der Waals surface area contributed by atoms with Crippen LogP contribution in [0, 0.1) is 0 Å². The fourth-order valence-corrected chi connectivity index (χ4v) is 3.24. The summed E-state index contributed by atoms with van der Waals surface area (Å²) in [5.41, 5.74) is 1.74. The lowest BCUT2D eigenvalue weighted by Crippen LogP contribution is -2.06. The Hall–Kier alpha value is -2.81. The summed E-state index contributed by atoms with van der Waals surface area (Å²) < 4.78 is 22.9. The van der Waals surface area contributed by atoms with Gasteiger partial charge in [0.2, 0.25) is 5.82 Å². The molecule has 154 valence electrons. The normalized spacial score (nSPS) is 10.7. The van der Waals surface area contributed by atoms with E-state index in [1.165, 1.54) is 4.80 Å². The predicted molar refractivity (Wildman–Crippen MR) is 112 cm³/mol. The minimum atomic E-state index is 0.424. The summed E-state index contributed by atoms with van der Waals surface area (Å²) in [6, 6.07) is 9.32. The first-order chi connectivity index (χ1) is 14.1. The van der Waals surface area contributed by atoms with Crippen LogP contribution in [0.1, 0.15) is 19.4 Å². The molecule has 0 radical (unpaired) electrons. The molecule has 0 fully saturated rings. The number of halogens is 1. The lowest BCUT2D eigenvalue weighted by Gasteiger charge is -2.14. The maximum absolute atomic E-state index is 5.71. The van der Waals surface area contributed by atoms with E-state index in [-0.39, 0.29) is 0 Å². The van der Waals surface area contributed by atoms with Crippen LogP contribution in [-0.4, -0.2) is 47.6 Å². The SMILES string of the molecule is CCOc1cc(Br)c(Cn2nnc(-c3ccc(OC)c(OC)c3)n2)cc1OCC. The number of hydrogen-bond donors (Lipinski definition) is 0. The predicted octanol–water partition coefficient (Wildman–Crippen LogP) is 3.97. The van der Waals surface area contributed by atoms with Crippen molar-refractivity contribution in [3.05, 3.63) is 40.4 Å². The summed E-state index contributed by atoms with van der Waals surface area (Å²) in [6.45, 7) is 5.41. The molecule has 0 saturated heterocycles. The largest absolute Gasteiger partial charge is 0.493 e. The molecular weight excluding hydrogens is 440 g/mol. The van der Waals surface area contributed by atoms with Crippen molar-refractivity contribution in [2.45, 2.75) is 20.4 Å². The van der Waals surface area contributed by atoms with Gasteiger partial charge >= 0.3 is 0 Å². The van der Waals surface area contributed by atoms with E-state index in [9.17, 15) is 0 Å². The first-order valence-corrected chi connectivity index (χ1v) is 9.97. The highest BCUT2D eigenvalue weighted by molar-refractivity contribution is 9.10. The van der Waals surface area contributed by atoms with Crippen molar-refractivity contribution in [1.82, 2.24) is 20.2 Å². The number of aromatic nitrogens is 4. The molecule has 0 spiro atoms. The van der Waals surface area contributed by atoms with Gasteiger partial charge in [0, 0.05) is 10.0 Å². The van der Waals surface area contributed by atoms with Gasteiger partial charge in [-0.2, -0.15) is 4.80 Å². The second-order valence-corrected chi connectivity index (χ2v) is 6.82. The molecule has 3 rings (SSSR count). The first-order valence-electron chi connectivity index (χ1n) is 9.17. The van der Waals surface area contributed by atoms with Gasteiger partial charge in [0.05, 0.1) is 34.0 Å². The summed E-state index contributed by atoms with van der Waals surface area (Å²) in [5.74, 6) is 3.13. The molecule has 2 aromatic carbocycles. The van der Waals surface area contributed by atoms with Crippen LogP contribution < -0.4 is 18.9 Å². The number of ether oxygens (including phenoxy) is 4. The average Bonchev–Trinajstić information content (AvgIpc) is 3.19. The van der Waals surface area contributed by atoms with Crippen LogP contribution in [0.3, 0.4) is 0 Å². The van der Waals surface area contributed by atoms with Crippen LogP contribution in [0.15, 0.2) is 34.8 Å². The molecule has 0 bridgehead atoms. The number of methoxy groups -OCH3 is 2. The third-order valence-electron chi connectivity index (χ3n) is 4.12. The maximum atomic E-state index is 5.71. The fourth-order valence-electron chi connectivity index (χ4n) is 2.79. The smallest absolute Gasteiger partial charge is 0.205 e. The zero-order valence-corrected chi connectivity index (χ0v) is 18.4. The van der Waals surface area contributed by atoms with Crippen molar-refractivity contribution in [3.63, 3.8) is 0 Å². The highest BCUT2D eigenvalue weighted by Crippen LogP contribution is 2.34. The van der Waals surface area contributed by atoms with Crippen LogP contribution in [0.5, 0.6) is 23.0 Å². The summed E-state index contributed by atoms with van der Waals surface area (Å²) >= 11 is 3.59. The molecule has 0 aliphatic carbocycles. The van der Waals surface area contributed by atoms with Gasteiger partial charge < -0.3 is 18.9 Å². The van der Waals surface area contributed by atoms with Crippen LogP contribution in [-0.2, 0) is 6.54 Å². The van der Waals surface area contributed by atoms with Gasteiger partial charge in [0.15, 0.2) is 23.0 Å². The van der Waals surface area contributed by atoms with Gasteiger partial charge in [-0.05, 0) is 55.0 Å². The molecule has 1 heterocycles. The maximum Gasteiger partial charge on any atom is 0.205 e. The van der Waals surface area contributed by atoms with Crippen LogP contribution in [0.25, 0.3) is 11.4 Å². The van der Waals surface area contributed by atoms with Crippen LogP contribution in [0.4, 0.5) is 0 Å². The van der Waals surface area contributed by atoms with E-state index in [4.69, 9.17) is 18.9 Å². The minimum absolute atomic E-state index is 0.424. The average molecular weight is 463 g/mol. The Morgan fingerprint density at radius 3 is 2.24 bits per heavy atom. The Kier molecular flexibility index (Phi) is 6.92. The van der Waals surface area contributed by atoms with Crippen molar-refractivity contribution in [3.8, 4) is 34.4 Å². The van der Waals surface area contributed by atoms with Gasteiger partial charge in [-0.3, -0.25) is 0 Å². The molecular formula is C20H23BrN4O4. The quantitative estimate of drug-likeness (QED) is 0.475. The van der Waals surface area contributed by atoms with Gasteiger partial charge in [0.1, 0.15) is 0 Å². The van der Waals surface area contributed by atoms with Gasteiger partial charge in [-0.25, -0.2) is 0 Å². The topological polar surface area (TPSA) is 80.5 Å². The van der Waals surface area contributed by atoms with E-state index in [2.05, 4.69) is 31.3 Å². The highest BCUT2D eigenvalue weighted by Gasteiger charge is 2.14. The van der Waals surface area contributed by atoms with E-state index in [1.54, 1.807) is 14.2 Å². The Labute approximate surface area is 177 Å². The van der Waals surface area contributed by atoms with Gasteiger partial charge in [0.25, 0.3) is 0 Å². The van der Waals surface area contributed by atoms with Crippen molar-refractivity contribution in [1.29, 1.82) is 0 Å². The van der Waals surface area contributed by atoms with E-state index in [0.717, 1.165) is 15.6 Å². The number of rotatable bonds is 9. The van der Waals surface area contributed by atoms with E-state index in [0.29, 0.717) is 48.6 Å². The standard InChI is InChI=1S/C20H23BrN4O4/c1-5-28-18-10-14(15(21)11-19(18)29-6-2)12-25-23-20(22-24-25)13-7-8-16(26-3)17(9-13)27-4/h7-11H,5-6,12H2,1-4H3. The lowest BCUT2D eigenvalue weighted by atomic mass is 10.2. The third kappa shape index (κ3) is 4.79. The summed E-state index contributed by atoms with van der Waals surface area (Å²) in [6.07, 6.45) is 0. The van der Waals surface area contributed by atoms with Gasteiger partial charge in [-0.15, -0.1) is 10.2 Å². The first kappa shape index (κ1) is 20.9. The van der Waals surface area contributed by atoms with Crippen molar-refractivity contribution < 1.29 is 18.9 Å². The molecule has 0 unspecified atom stereocenters. The summed E-state index contributed by atoms with van der Waals surface area (Å²) in [7, 11) is 3.18. The molecule has 3 aromatic rings. The van der Waals surface area contributed by atoms with Crippen LogP contribution in [0.2, 0.25) is 0 Å². The second-order valence-electron chi connectivity index (χ2n) is 5.97. The van der Waals surface area contributed by atoms with Crippen molar-refractivity contribution in [2.75, 3.05) is 27.4 Å². The lowest BCUT2D eigenvalue weighted by molar-refractivity contribution is 0.287. The van der Waals surface area contributed by atoms with Crippen LogP contribution >= 0.6 is 15.9 Å². The molecule has 0 amide bonds. The zero-order valence-electron chi connectivity index (χ0n) is 16.8. The summed E-state index contributed by atoms with van der Waals surface area (Å²) in [5, 5.41) is 12.8. The fraction of sp³-hybridized carbons (Fsp3) is 0.350. The Balaban J connectivity index is 1.86. The zero-order chi connectivity index (χ0) is 20.8. The molecule has 8 nitrogen and oxygen atoms in total. The van der Waals surface area contributed by atoms with Crippen molar-refractivity contribution in [2.24, 2.45) is 0 Å². The Bertz CT molecular complexity index is 977. The van der Waals surface area contributed by atoms with Gasteiger partial charge in [-0.1, -0.05) is 15.9 Å². The molecule has 0 aliphatic heterocycles. The molecule has 1 aromatic heterocycles. The molecule has 29 heavy (non-hydrogen) atoms. The number of benzene rings is 2. The van der Waals surface area contributed by atoms with E-state index in [1.807, 2.05) is 44.2 Å². The van der Waals surface area contributed by atoms with Crippen molar-refractivity contribution >= 4 is 15.9 Å². The molecule has 0 N–H and O–H groups in total. The Morgan fingerprint density at radius 2 is 1.59 bits per heavy atom. The number of hydrogen-bond acceptors (Lipinski definition) is 7. The molecule has 0 aliphatic rings. The summed E-state index contributed by atoms with van der Waals surface area (Å²) in [4.78, 5) is 1.53. The molecule has 0 atom stereocenters. The molecule has 0 saturated carbocycles. The minimum Gasteiger partial charge on any atom is -0.493 e.